The Hall–Kier alpha value is -1.19. The van der Waals surface area contributed by atoms with Crippen molar-refractivity contribution in [3.63, 3.8) is 0 Å². The Bertz CT molecular complexity index is 657. The van der Waals surface area contributed by atoms with E-state index in [4.69, 9.17) is 0 Å². The summed E-state index contributed by atoms with van der Waals surface area (Å²) in [6.45, 7) is 17.7. The van der Waals surface area contributed by atoms with E-state index in [1.807, 2.05) is 0 Å². The Kier molecular flexibility index (Phi) is 4.13. The maximum absolute atomic E-state index is 13.6. The smallest absolute Gasteiger partial charge is 0.240 e. The van der Waals surface area contributed by atoms with Gasteiger partial charge in [0.1, 0.15) is 37.0 Å². The van der Waals surface area contributed by atoms with Crippen LogP contribution in [0, 0.1) is 22.7 Å². The van der Waals surface area contributed by atoms with Crippen LogP contribution < -0.4 is 9.80 Å². The maximum Gasteiger partial charge on any atom is 0.240 e. The number of hydrogen-bond acceptors (Lipinski definition) is 1. The molecule has 4 bridgehead atoms. The summed E-state index contributed by atoms with van der Waals surface area (Å²) in [7, 11) is 0. The average Bonchev–Trinajstić information content (AvgIpc) is 2.58. The zero-order valence-electron chi connectivity index (χ0n) is 17.4. The molecule has 26 heavy (non-hydrogen) atoms. The molecule has 1 aromatic rings. The fourth-order valence-corrected chi connectivity index (χ4v) is 6.27. The van der Waals surface area contributed by atoms with E-state index in [-0.39, 0.29) is 10.8 Å². The maximum atomic E-state index is 13.6. The van der Waals surface area contributed by atoms with Gasteiger partial charge in [-0.2, -0.15) is 0 Å². The topological polar surface area (TPSA) is 26.0 Å². The SMILES string of the molecule is CC(C)c1ccc(C2[NH+]3CC4(C(C)C)C[NH+]2CC(C(C)C)(C3)C4=O)cc1. The molecule has 0 radical (unpaired) electrons. The molecular weight excluding hydrogens is 320 g/mol. The number of ketones is 1. The first-order valence-corrected chi connectivity index (χ1v) is 10.6. The quantitative estimate of drug-likeness (QED) is 0.840. The largest absolute Gasteiger partial charge is 0.297 e. The minimum atomic E-state index is -0.111. The highest BCUT2D eigenvalue weighted by molar-refractivity contribution is 5.92. The number of Topliss-reactive ketones (excluding diaryl/α,β-unsaturated/α-hetero) is 1. The van der Waals surface area contributed by atoms with Gasteiger partial charge in [-0.3, -0.25) is 14.6 Å². The number of piperidine rings is 2. The van der Waals surface area contributed by atoms with Crippen molar-refractivity contribution in [1.29, 1.82) is 0 Å². The zero-order chi connectivity index (χ0) is 18.9. The second-order valence-corrected chi connectivity index (χ2v) is 10.2. The first kappa shape index (κ1) is 18.2. The van der Waals surface area contributed by atoms with Crippen LogP contribution in [0.4, 0.5) is 0 Å². The van der Waals surface area contributed by atoms with E-state index in [1.165, 1.54) is 11.1 Å². The first-order chi connectivity index (χ1) is 12.2. The average molecular weight is 357 g/mol. The van der Waals surface area contributed by atoms with Crippen molar-refractivity contribution >= 4 is 5.78 Å². The summed E-state index contributed by atoms with van der Waals surface area (Å²) < 4.78 is 0. The molecule has 0 spiro atoms. The lowest BCUT2D eigenvalue weighted by molar-refractivity contribution is -1.18. The third-order valence-corrected chi connectivity index (χ3v) is 8.04. The number of rotatable bonds is 4. The van der Waals surface area contributed by atoms with Gasteiger partial charge in [0.25, 0.3) is 0 Å². The van der Waals surface area contributed by atoms with Crippen molar-refractivity contribution in [1.82, 2.24) is 0 Å². The number of quaternary nitrogens is 2. The highest BCUT2D eigenvalue weighted by Gasteiger charge is 2.72. The first-order valence-electron chi connectivity index (χ1n) is 10.6. The molecule has 2 N–H and O–H groups in total. The van der Waals surface area contributed by atoms with Crippen molar-refractivity contribution in [2.75, 3.05) is 26.2 Å². The van der Waals surface area contributed by atoms with Gasteiger partial charge in [0.15, 0.2) is 5.78 Å². The molecule has 0 atom stereocenters. The van der Waals surface area contributed by atoms with Crippen LogP contribution in [-0.2, 0) is 4.79 Å². The van der Waals surface area contributed by atoms with Crippen LogP contribution in [0.5, 0.6) is 0 Å². The molecule has 3 nitrogen and oxygen atoms in total. The van der Waals surface area contributed by atoms with Gasteiger partial charge < -0.3 is 0 Å². The summed E-state index contributed by atoms with van der Waals surface area (Å²) in [5.41, 5.74) is 2.66. The standard InChI is InChI=1S/C23H34N2O/c1-15(2)18-7-9-19(10-8-18)20-24-11-22(16(3)4)12-25(20)14-23(13-24,17(5)6)21(22)26/h7-10,15-17,20H,11-14H2,1-6H3/p+2. The molecule has 4 fully saturated rings. The van der Waals surface area contributed by atoms with Gasteiger partial charge in [0, 0.05) is 0 Å². The van der Waals surface area contributed by atoms with E-state index in [1.54, 1.807) is 9.80 Å². The van der Waals surface area contributed by atoms with Gasteiger partial charge >= 0.3 is 0 Å². The molecule has 0 aliphatic carbocycles. The number of hydrogen-bond donors (Lipinski definition) is 2. The molecule has 0 saturated carbocycles. The Labute approximate surface area is 158 Å². The monoisotopic (exact) mass is 356 g/mol. The van der Waals surface area contributed by atoms with Gasteiger partial charge in [-0.25, -0.2) is 0 Å². The number of carbonyl (C=O) groups excluding carboxylic acids is 1. The summed E-state index contributed by atoms with van der Waals surface area (Å²) in [5.74, 6) is 2.04. The third kappa shape index (κ3) is 2.29. The Morgan fingerprint density at radius 1 is 0.808 bits per heavy atom. The zero-order valence-corrected chi connectivity index (χ0v) is 17.4. The normalized spacial score (nSPS) is 38.8. The predicted octanol–water partition coefficient (Wildman–Crippen LogP) is 1.47. The highest BCUT2D eigenvalue weighted by Crippen LogP contribution is 2.44. The van der Waals surface area contributed by atoms with E-state index in [0.717, 1.165) is 26.2 Å². The fourth-order valence-electron chi connectivity index (χ4n) is 6.27. The minimum absolute atomic E-state index is 0.111. The molecule has 0 unspecified atom stereocenters. The summed E-state index contributed by atoms with van der Waals surface area (Å²) in [4.78, 5) is 16.9. The number of benzene rings is 1. The lowest BCUT2D eigenvalue weighted by Gasteiger charge is -2.62. The van der Waals surface area contributed by atoms with Crippen LogP contribution in [0.3, 0.4) is 0 Å². The van der Waals surface area contributed by atoms with E-state index in [0.29, 0.717) is 29.7 Å². The molecule has 4 heterocycles. The number of carbonyl (C=O) groups is 1. The molecule has 0 amide bonds. The van der Waals surface area contributed by atoms with Gasteiger partial charge in [-0.05, 0) is 35.4 Å². The molecule has 4 saturated heterocycles. The molecule has 4 aliphatic rings. The molecule has 5 rings (SSSR count). The second-order valence-electron chi connectivity index (χ2n) is 10.2. The van der Waals surface area contributed by atoms with Crippen molar-refractivity contribution in [2.24, 2.45) is 22.7 Å². The summed E-state index contributed by atoms with van der Waals surface area (Å²) >= 11 is 0. The van der Waals surface area contributed by atoms with Crippen LogP contribution in [0.15, 0.2) is 24.3 Å². The Morgan fingerprint density at radius 2 is 1.23 bits per heavy atom. The number of nitrogens with one attached hydrogen (secondary N) is 2. The van der Waals surface area contributed by atoms with Gasteiger partial charge in [0.2, 0.25) is 6.17 Å². The molecule has 3 heteroatoms. The van der Waals surface area contributed by atoms with Crippen LogP contribution in [0.25, 0.3) is 0 Å². The molecular formula is C23H36N2O+2. The van der Waals surface area contributed by atoms with Gasteiger partial charge in [-0.15, -0.1) is 0 Å². The van der Waals surface area contributed by atoms with Crippen LogP contribution in [-0.4, -0.2) is 32.0 Å². The van der Waals surface area contributed by atoms with E-state index in [9.17, 15) is 4.79 Å². The van der Waals surface area contributed by atoms with Gasteiger partial charge in [0.05, 0.1) is 5.56 Å². The lowest BCUT2D eigenvalue weighted by atomic mass is 9.53. The summed E-state index contributed by atoms with van der Waals surface area (Å²) in [6.07, 6.45) is 0.503. The van der Waals surface area contributed by atoms with Crippen LogP contribution >= 0.6 is 0 Å². The Balaban J connectivity index is 1.73. The van der Waals surface area contributed by atoms with Crippen molar-refractivity contribution < 1.29 is 14.6 Å². The third-order valence-electron chi connectivity index (χ3n) is 8.04. The molecule has 142 valence electrons. The van der Waals surface area contributed by atoms with Crippen molar-refractivity contribution in [2.45, 2.75) is 53.6 Å². The molecule has 4 aliphatic heterocycles. The second kappa shape index (κ2) is 5.90. The van der Waals surface area contributed by atoms with E-state index in [2.05, 4.69) is 65.8 Å². The van der Waals surface area contributed by atoms with Crippen LogP contribution in [0.2, 0.25) is 0 Å². The summed E-state index contributed by atoms with van der Waals surface area (Å²) in [5, 5.41) is 0. The van der Waals surface area contributed by atoms with E-state index >= 15 is 0 Å². The van der Waals surface area contributed by atoms with Gasteiger partial charge in [-0.1, -0.05) is 53.7 Å². The molecule has 1 aromatic carbocycles. The Morgan fingerprint density at radius 3 is 1.58 bits per heavy atom. The highest BCUT2D eigenvalue weighted by atomic mass is 16.1. The van der Waals surface area contributed by atoms with Crippen molar-refractivity contribution in [3.05, 3.63) is 35.4 Å². The lowest BCUT2D eigenvalue weighted by Crippen LogP contribution is -3.41. The minimum Gasteiger partial charge on any atom is -0.297 e. The van der Waals surface area contributed by atoms with Crippen LogP contribution in [0.1, 0.15) is 64.8 Å². The molecule has 0 aromatic heterocycles. The van der Waals surface area contributed by atoms with Crippen molar-refractivity contribution in [3.8, 4) is 0 Å². The predicted molar refractivity (Wildman–Crippen MR) is 104 cm³/mol. The fraction of sp³-hybridized carbons (Fsp3) is 0.696. The summed E-state index contributed by atoms with van der Waals surface area (Å²) in [6, 6.07) is 9.34. The van der Waals surface area contributed by atoms with E-state index < -0.39 is 0 Å².